The first kappa shape index (κ1) is 20.6. The summed E-state index contributed by atoms with van der Waals surface area (Å²) in [4.78, 5) is 0. The maximum absolute atomic E-state index is 5.75. The highest BCUT2D eigenvalue weighted by Gasteiger charge is 2.50. The highest BCUT2D eigenvalue weighted by atomic mass is 16.7. The van der Waals surface area contributed by atoms with E-state index < -0.39 is 5.79 Å². The number of benzene rings is 2. The third-order valence-electron chi connectivity index (χ3n) is 6.74. The first-order valence-corrected chi connectivity index (χ1v) is 11.1. The summed E-state index contributed by atoms with van der Waals surface area (Å²) in [5.74, 6) is -0.757. The second kappa shape index (κ2) is 7.86. The van der Waals surface area contributed by atoms with Crippen molar-refractivity contribution in [3.63, 3.8) is 0 Å². The number of ether oxygens (including phenoxy) is 3. The standard InChI is InChI=1S/C15H10O2.C10H16O.C2H6/c1-3-7-13-11(5-1)12-6-2-4-8-14(12)15(13)16-9-10-17-15;1-9(2)7-8-11-10(9)5-3-4-6-10;1-2/h1-10H;7-8H,3-6H2,1-2H3;1-2H3. The second-order valence-electron chi connectivity index (χ2n) is 8.56. The van der Waals surface area contributed by atoms with Crippen molar-refractivity contribution in [1.82, 2.24) is 0 Å². The Balaban J connectivity index is 0.000000146. The van der Waals surface area contributed by atoms with Gasteiger partial charge in [-0.25, -0.2) is 0 Å². The summed E-state index contributed by atoms with van der Waals surface area (Å²) in [6, 6.07) is 16.4. The van der Waals surface area contributed by atoms with Gasteiger partial charge in [-0.3, -0.25) is 0 Å². The molecule has 2 heterocycles. The molecule has 0 amide bonds. The summed E-state index contributed by atoms with van der Waals surface area (Å²) in [5, 5.41) is 0. The van der Waals surface area contributed by atoms with Gasteiger partial charge in [-0.05, 0) is 42.9 Å². The fraction of sp³-hybridized carbons (Fsp3) is 0.407. The van der Waals surface area contributed by atoms with E-state index in [1.54, 1.807) is 12.5 Å². The maximum Gasteiger partial charge on any atom is 0.305 e. The van der Waals surface area contributed by atoms with Crippen molar-refractivity contribution in [2.24, 2.45) is 5.41 Å². The van der Waals surface area contributed by atoms with Gasteiger partial charge in [-0.1, -0.05) is 76.2 Å². The molecule has 4 aliphatic rings. The summed E-state index contributed by atoms with van der Waals surface area (Å²) >= 11 is 0. The summed E-state index contributed by atoms with van der Waals surface area (Å²) in [6.45, 7) is 8.56. The van der Waals surface area contributed by atoms with Gasteiger partial charge in [0, 0.05) is 16.5 Å². The van der Waals surface area contributed by atoms with Gasteiger partial charge in [0.1, 0.15) is 18.1 Å². The van der Waals surface area contributed by atoms with Crippen LogP contribution in [-0.4, -0.2) is 5.60 Å². The molecule has 0 N–H and O–H groups in total. The van der Waals surface area contributed by atoms with Gasteiger partial charge >= 0.3 is 5.79 Å². The number of rotatable bonds is 0. The van der Waals surface area contributed by atoms with E-state index in [4.69, 9.17) is 14.2 Å². The molecule has 3 heteroatoms. The molecule has 2 aromatic carbocycles. The van der Waals surface area contributed by atoms with Crippen LogP contribution in [0.1, 0.15) is 64.5 Å². The van der Waals surface area contributed by atoms with Crippen molar-refractivity contribution in [3.8, 4) is 11.1 Å². The molecule has 0 unspecified atom stereocenters. The fourth-order valence-corrected chi connectivity index (χ4v) is 5.03. The second-order valence-corrected chi connectivity index (χ2v) is 8.56. The Labute approximate surface area is 180 Å². The maximum atomic E-state index is 5.75. The Hall–Kier alpha value is -2.68. The molecule has 1 saturated carbocycles. The molecule has 0 atom stereocenters. The molecule has 0 bridgehead atoms. The van der Waals surface area contributed by atoms with Crippen LogP contribution in [0.5, 0.6) is 0 Å². The molecule has 2 aliphatic heterocycles. The van der Waals surface area contributed by atoms with E-state index in [1.807, 2.05) is 44.4 Å². The van der Waals surface area contributed by atoms with Gasteiger partial charge < -0.3 is 14.2 Å². The van der Waals surface area contributed by atoms with Crippen molar-refractivity contribution >= 4 is 0 Å². The fourth-order valence-electron chi connectivity index (χ4n) is 5.03. The van der Waals surface area contributed by atoms with Gasteiger partial charge in [0.25, 0.3) is 0 Å². The molecule has 0 radical (unpaired) electrons. The van der Waals surface area contributed by atoms with Crippen LogP contribution in [0.2, 0.25) is 0 Å². The molecular weight excluding hydrogens is 372 g/mol. The lowest BCUT2D eigenvalue weighted by Crippen LogP contribution is -2.38. The average molecular weight is 405 g/mol. The third kappa shape index (κ3) is 3.03. The molecule has 6 rings (SSSR count). The SMILES string of the molecule is C1=COC2(O1)c1ccccc1-c1ccccc12.CC.CC1(C)C=COC12CCCC2. The number of fused-ring (bicyclic) bond motifs is 5. The van der Waals surface area contributed by atoms with Crippen molar-refractivity contribution in [2.45, 2.75) is 64.8 Å². The Kier molecular flexibility index (Phi) is 5.40. The molecule has 2 spiro atoms. The lowest BCUT2D eigenvalue weighted by atomic mass is 9.75. The van der Waals surface area contributed by atoms with E-state index in [0.29, 0.717) is 0 Å². The average Bonchev–Trinajstić information content (AvgIpc) is 3.56. The van der Waals surface area contributed by atoms with Crippen molar-refractivity contribution < 1.29 is 14.2 Å². The van der Waals surface area contributed by atoms with Crippen molar-refractivity contribution in [2.75, 3.05) is 0 Å². The predicted octanol–water partition coefficient (Wildman–Crippen LogP) is 7.28. The van der Waals surface area contributed by atoms with E-state index in [2.05, 4.69) is 44.2 Å². The van der Waals surface area contributed by atoms with Gasteiger partial charge in [0.15, 0.2) is 0 Å². The van der Waals surface area contributed by atoms with Crippen LogP contribution in [0.4, 0.5) is 0 Å². The molecule has 0 aromatic heterocycles. The van der Waals surface area contributed by atoms with E-state index in [9.17, 15) is 0 Å². The van der Waals surface area contributed by atoms with Crippen LogP contribution in [0.3, 0.4) is 0 Å². The van der Waals surface area contributed by atoms with Gasteiger partial charge in [-0.2, -0.15) is 0 Å². The van der Waals surface area contributed by atoms with E-state index in [1.165, 1.54) is 36.8 Å². The Bertz CT molecular complexity index is 893. The molecule has 0 saturated heterocycles. The summed E-state index contributed by atoms with van der Waals surface area (Å²) in [5.41, 5.74) is 4.97. The molecule has 158 valence electrons. The topological polar surface area (TPSA) is 27.7 Å². The van der Waals surface area contributed by atoms with Crippen molar-refractivity contribution in [3.05, 3.63) is 84.5 Å². The Morgan fingerprint density at radius 2 is 1.17 bits per heavy atom. The quantitative estimate of drug-likeness (QED) is 0.462. The Morgan fingerprint density at radius 3 is 1.63 bits per heavy atom. The minimum Gasteiger partial charge on any atom is -0.494 e. The lowest BCUT2D eigenvalue weighted by molar-refractivity contribution is -0.109. The summed E-state index contributed by atoms with van der Waals surface area (Å²) in [6.07, 6.45) is 12.5. The van der Waals surface area contributed by atoms with Crippen LogP contribution in [0, 0.1) is 5.41 Å². The first-order chi connectivity index (χ1) is 14.6. The highest BCUT2D eigenvalue weighted by molar-refractivity contribution is 5.79. The van der Waals surface area contributed by atoms with Gasteiger partial charge in [-0.15, -0.1) is 0 Å². The van der Waals surface area contributed by atoms with E-state index >= 15 is 0 Å². The minimum absolute atomic E-state index is 0.174. The molecular formula is C27H32O3. The van der Waals surface area contributed by atoms with E-state index in [0.717, 1.165) is 11.1 Å². The van der Waals surface area contributed by atoms with Gasteiger partial charge in [0.05, 0.1) is 6.26 Å². The molecule has 1 fully saturated rings. The highest BCUT2D eigenvalue weighted by Crippen LogP contribution is 2.52. The monoisotopic (exact) mass is 404 g/mol. The van der Waals surface area contributed by atoms with Crippen molar-refractivity contribution in [1.29, 1.82) is 0 Å². The Morgan fingerprint density at radius 1 is 0.667 bits per heavy atom. The van der Waals surface area contributed by atoms with Crippen LogP contribution < -0.4 is 0 Å². The molecule has 30 heavy (non-hydrogen) atoms. The summed E-state index contributed by atoms with van der Waals surface area (Å²) < 4.78 is 17.2. The zero-order chi connectivity index (χ0) is 21.2. The van der Waals surface area contributed by atoms with Crippen LogP contribution in [0.25, 0.3) is 11.1 Å². The third-order valence-corrected chi connectivity index (χ3v) is 6.74. The van der Waals surface area contributed by atoms with Gasteiger partial charge in [0.2, 0.25) is 0 Å². The minimum atomic E-state index is -0.757. The number of hydrogen-bond acceptors (Lipinski definition) is 3. The smallest absolute Gasteiger partial charge is 0.305 e. The molecule has 2 aliphatic carbocycles. The zero-order valence-corrected chi connectivity index (χ0v) is 18.5. The normalized spacial score (nSPS) is 21.5. The largest absolute Gasteiger partial charge is 0.494 e. The summed E-state index contributed by atoms with van der Waals surface area (Å²) in [7, 11) is 0. The zero-order valence-electron chi connectivity index (χ0n) is 18.5. The lowest BCUT2D eigenvalue weighted by Gasteiger charge is -2.36. The van der Waals surface area contributed by atoms with Crippen LogP contribution in [-0.2, 0) is 20.0 Å². The molecule has 2 aromatic rings. The van der Waals surface area contributed by atoms with Crippen LogP contribution >= 0.6 is 0 Å². The first-order valence-electron chi connectivity index (χ1n) is 11.1. The van der Waals surface area contributed by atoms with E-state index in [-0.39, 0.29) is 11.0 Å². The van der Waals surface area contributed by atoms with Crippen LogP contribution in [0.15, 0.2) is 73.4 Å². The molecule has 3 nitrogen and oxygen atoms in total. The predicted molar refractivity (Wildman–Crippen MR) is 121 cm³/mol. The number of hydrogen-bond donors (Lipinski definition) is 0.